The van der Waals surface area contributed by atoms with Gasteiger partial charge in [-0.2, -0.15) is 0 Å². The second-order valence-electron chi connectivity index (χ2n) is 7.07. The highest BCUT2D eigenvalue weighted by atomic mass is 15.3. The highest BCUT2D eigenvalue weighted by Gasteiger charge is 2.33. The summed E-state index contributed by atoms with van der Waals surface area (Å²) in [6, 6.07) is 28.8. The molecule has 1 fully saturated rings. The van der Waals surface area contributed by atoms with E-state index in [1.807, 2.05) is 0 Å². The Morgan fingerprint density at radius 1 is 0.769 bits per heavy atom. The minimum atomic E-state index is 0.407. The van der Waals surface area contributed by atoms with Gasteiger partial charge in [-0.25, -0.2) is 4.57 Å². The normalized spacial score (nSPS) is 15.4. The van der Waals surface area contributed by atoms with Gasteiger partial charge in [-0.05, 0) is 6.07 Å². The summed E-state index contributed by atoms with van der Waals surface area (Å²) in [6.07, 6.45) is 2.13. The number of pyridine rings is 1. The van der Waals surface area contributed by atoms with Gasteiger partial charge >= 0.3 is 0 Å². The van der Waals surface area contributed by atoms with Crippen LogP contribution in [0.4, 0.5) is 5.82 Å². The van der Waals surface area contributed by atoms with Gasteiger partial charge in [0.05, 0.1) is 13.2 Å². The maximum Gasteiger partial charge on any atom is 0.276 e. The summed E-state index contributed by atoms with van der Waals surface area (Å²) in [5.41, 5.74) is 2.82. The molecular weight excluding hydrogens is 318 g/mol. The number of piperazine rings is 1. The van der Waals surface area contributed by atoms with Crippen molar-refractivity contribution < 1.29 is 9.47 Å². The summed E-state index contributed by atoms with van der Waals surface area (Å²) in [4.78, 5) is 4.16. The highest BCUT2D eigenvalue weighted by Crippen LogP contribution is 2.19. The van der Waals surface area contributed by atoms with E-state index in [0.717, 1.165) is 26.2 Å². The Morgan fingerprint density at radius 3 is 1.85 bits per heavy atom. The summed E-state index contributed by atoms with van der Waals surface area (Å²) in [6.45, 7) is 4.46. The average molecular weight is 345 g/mol. The first kappa shape index (κ1) is 16.8. The molecule has 0 spiro atoms. The lowest BCUT2D eigenvalue weighted by molar-refractivity contribution is -0.926. The van der Waals surface area contributed by atoms with Crippen molar-refractivity contribution in [1.82, 2.24) is 0 Å². The molecule has 0 radical (unpaired) electrons. The van der Waals surface area contributed by atoms with Crippen LogP contribution in [0.2, 0.25) is 0 Å². The number of rotatable bonds is 4. The molecule has 4 rings (SSSR count). The molecule has 132 valence electrons. The Hall–Kier alpha value is -2.65. The average Bonchev–Trinajstić information content (AvgIpc) is 2.71. The lowest BCUT2D eigenvalue weighted by atomic mass is 9.96. The van der Waals surface area contributed by atoms with Gasteiger partial charge in [0.2, 0.25) is 0 Å². The van der Waals surface area contributed by atoms with Crippen LogP contribution in [-0.2, 0) is 7.05 Å². The number of benzene rings is 2. The third kappa shape index (κ3) is 3.49. The van der Waals surface area contributed by atoms with Crippen LogP contribution in [0.3, 0.4) is 0 Å². The van der Waals surface area contributed by atoms with E-state index in [1.54, 1.807) is 4.90 Å². The van der Waals surface area contributed by atoms with E-state index in [0.29, 0.717) is 6.04 Å². The van der Waals surface area contributed by atoms with E-state index < -0.39 is 0 Å². The first-order chi connectivity index (χ1) is 12.8. The van der Waals surface area contributed by atoms with Crippen LogP contribution in [0.25, 0.3) is 0 Å². The smallest absolute Gasteiger partial charge is 0.276 e. The first-order valence-corrected chi connectivity index (χ1v) is 9.47. The lowest BCUT2D eigenvalue weighted by Crippen LogP contribution is -3.15. The minimum Gasteiger partial charge on any atom is -0.318 e. The Balaban J connectivity index is 1.56. The van der Waals surface area contributed by atoms with Crippen molar-refractivity contribution in [3.8, 4) is 0 Å². The van der Waals surface area contributed by atoms with Gasteiger partial charge in [0.15, 0.2) is 0 Å². The molecule has 2 aromatic carbocycles. The topological polar surface area (TPSA) is 11.6 Å². The number of nitrogens with zero attached hydrogens (tertiary/aromatic N) is 2. The van der Waals surface area contributed by atoms with E-state index in [1.165, 1.54) is 16.9 Å². The number of hydrogen-bond donors (Lipinski definition) is 1. The van der Waals surface area contributed by atoms with E-state index in [9.17, 15) is 0 Å². The summed E-state index contributed by atoms with van der Waals surface area (Å²) in [5, 5.41) is 0. The standard InChI is InChI=1S/C23H26N3/c1-24-15-9-8-14-22(24)25-16-18-26(19-17-25)23(20-10-4-2-5-11-20)21-12-6-3-7-13-21/h2-15,23H,16-19H2,1H3/q+1/p+1. The molecule has 3 heteroatoms. The number of hydrogen-bond acceptors (Lipinski definition) is 1. The molecule has 0 amide bonds. The summed E-state index contributed by atoms with van der Waals surface area (Å²) >= 11 is 0. The highest BCUT2D eigenvalue weighted by molar-refractivity contribution is 5.33. The van der Waals surface area contributed by atoms with Crippen molar-refractivity contribution >= 4 is 5.82 Å². The second-order valence-corrected chi connectivity index (χ2v) is 7.07. The third-order valence-corrected chi connectivity index (χ3v) is 5.43. The van der Waals surface area contributed by atoms with E-state index >= 15 is 0 Å². The maximum atomic E-state index is 2.51. The van der Waals surface area contributed by atoms with Crippen LogP contribution in [0.5, 0.6) is 0 Å². The van der Waals surface area contributed by atoms with Crippen LogP contribution in [0.1, 0.15) is 17.2 Å². The molecule has 26 heavy (non-hydrogen) atoms. The van der Waals surface area contributed by atoms with Gasteiger partial charge in [0.25, 0.3) is 5.82 Å². The molecule has 0 atom stereocenters. The maximum absolute atomic E-state index is 2.51. The molecule has 1 N–H and O–H groups in total. The predicted octanol–water partition coefficient (Wildman–Crippen LogP) is 2.01. The fourth-order valence-electron chi connectivity index (χ4n) is 4.11. The zero-order valence-electron chi connectivity index (χ0n) is 15.4. The monoisotopic (exact) mass is 345 g/mol. The molecule has 3 aromatic rings. The second kappa shape index (κ2) is 7.71. The fraction of sp³-hybridized carbons (Fsp3) is 0.261. The molecule has 0 aliphatic carbocycles. The Labute approximate surface area is 156 Å². The van der Waals surface area contributed by atoms with Crippen LogP contribution in [-0.4, -0.2) is 26.2 Å². The largest absolute Gasteiger partial charge is 0.318 e. The molecule has 0 bridgehead atoms. The molecule has 0 unspecified atom stereocenters. The van der Waals surface area contributed by atoms with Crippen molar-refractivity contribution in [2.24, 2.45) is 7.05 Å². The van der Waals surface area contributed by atoms with Gasteiger partial charge in [0, 0.05) is 17.2 Å². The van der Waals surface area contributed by atoms with Crippen molar-refractivity contribution in [1.29, 1.82) is 0 Å². The molecule has 1 aliphatic rings. The molecule has 1 aromatic heterocycles. The first-order valence-electron chi connectivity index (χ1n) is 9.47. The third-order valence-electron chi connectivity index (χ3n) is 5.43. The van der Waals surface area contributed by atoms with Gasteiger partial charge < -0.3 is 4.90 Å². The predicted molar refractivity (Wildman–Crippen MR) is 105 cm³/mol. The Bertz CT molecular complexity index is 785. The van der Waals surface area contributed by atoms with Crippen molar-refractivity contribution in [2.45, 2.75) is 6.04 Å². The number of quaternary nitrogens is 1. The van der Waals surface area contributed by atoms with Crippen LogP contribution in [0, 0.1) is 0 Å². The van der Waals surface area contributed by atoms with E-state index in [4.69, 9.17) is 0 Å². The summed E-state index contributed by atoms with van der Waals surface area (Å²) < 4.78 is 2.22. The van der Waals surface area contributed by atoms with Gasteiger partial charge in [0.1, 0.15) is 32.2 Å². The Kier molecular flexibility index (Phi) is 4.98. The Morgan fingerprint density at radius 2 is 1.31 bits per heavy atom. The number of aryl methyl sites for hydroxylation is 1. The van der Waals surface area contributed by atoms with Crippen LogP contribution >= 0.6 is 0 Å². The fourth-order valence-corrected chi connectivity index (χ4v) is 4.11. The van der Waals surface area contributed by atoms with Crippen LogP contribution < -0.4 is 14.4 Å². The molecular formula is C23H27N3+2. The van der Waals surface area contributed by atoms with Crippen molar-refractivity contribution in [3.63, 3.8) is 0 Å². The molecule has 1 saturated heterocycles. The zero-order chi connectivity index (χ0) is 17.8. The lowest BCUT2D eigenvalue weighted by Gasteiger charge is -2.34. The van der Waals surface area contributed by atoms with Crippen molar-refractivity contribution in [2.75, 3.05) is 31.1 Å². The van der Waals surface area contributed by atoms with Crippen molar-refractivity contribution in [3.05, 3.63) is 96.2 Å². The molecule has 1 aliphatic heterocycles. The summed E-state index contributed by atoms with van der Waals surface area (Å²) in [7, 11) is 2.13. The molecule has 0 saturated carbocycles. The number of anilines is 1. The SMILES string of the molecule is C[n+]1ccccc1N1CC[NH+](C(c2ccccc2)c2ccccc2)CC1. The van der Waals surface area contributed by atoms with E-state index in [2.05, 4.69) is 102 Å². The van der Waals surface area contributed by atoms with Gasteiger partial charge in [-0.1, -0.05) is 66.7 Å². The summed E-state index contributed by atoms with van der Waals surface area (Å²) in [5.74, 6) is 1.31. The van der Waals surface area contributed by atoms with Gasteiger partial charge in [-0.15, -0.1) is 0 Å². The number of nitrogens with one attached hydrogen (secondary N) is 1. The number of aromatic nitrogens is 1. The van der Waals surface area contributed by atoms with Gasteiger partial charge in [-0.3, -0.25) is 4.90 Å². The molecule has 3 nitrogen and oxygen atoms in total. The van der Waals surface area contributed by atoms with Crippen LogP contribution in [0.15, 0.2) is 85.1 Å². The quantitative estimate of drug-likeness (QED) is 0.713. The van der Waals surface area contributed by atoms with E-state index in [-0.39, 0.29) is 0 Å². The minimum absolute atomic E-state index is 0.407. The molecule has 2 heterocycles. The zero-order valence-corrected chi connectivity index (χ0v) is 15.4.